The molecule has 0 amide bonds. The summed E-state index contributed by atoms with van der Waals surface area (Å²) in [5.74, 6) is 0. The summed E-state index contributed by atoms with van der Waals surface area (Å²) in [5, 5.41) is 3.49. The second-order valence-electron chi connectivity index (χ2n) is 5.09. The largest absolute Gasteiger partial charge is 0.378 e. The number of benzene rings is 1. The molecule has 0 saturated carbocycles. The van der Waals surface area contributed by atoms with Gasteiger partial charge in [0, 0.05) is 24.6 Å². The third kappa shape index (κ3) is 4.07. The summed E-state index contributed by atoms with van der Waals surface area (Å²) in [5.41, 5.74) is 3.66. The maximum Gasteiger partial charge on any atom is 0.0500 e. The lowest BCUT2D eigenvalue weighted by Gasteiger charge is -2.16. The van der Waals surface area contributed by atoms with Gasteiger partial charge in [-0.1, -0.05) is 18.2 Å². The van der Waals surface area contributed by atoms with E-state index < -0.39 is 0 Å². The molecule has 0 saturated heterocycles. The Kier molecular flexibility index (Phi) is 4.53. The van der Waals surface area contributed by atoms with Gasteiger partial charge in [0.2, 0.25) is 0 Å². The van der Waals surface area contributed by atoms with E-state index in [1.165, 1.54) is 11.1 Å². The number of anilines is 1. The van der Waals surface area contributed by atoms with E-state index >= 15 is 0 Å². The molecule has 1 heterocycles. The summed E-state index contributed by atoms with van der Waals surface area (Å²) < 4.78 is 0. The minimum atomic E-state index is 0.258. The van der Waals surface area contributed by atoms with Crippen molar-refractivity contribution in [3.63, 3.8) is 0 Å². The van der Waals surface area contributed by atoms with Crippen LogP contribution in [0.3, 0.4) is 0 Å². The fourth-order valence-corrected chi connectivity index (χ4v) is 2.04. The second kappa shape index (κ2) is 6.34. The highest BCUT2D eigenvalue weighted by atomic mass is 15.0. The van der Waals surface area contributed by atoms with Crippen molar-refractivity contribution in [3.8, 4) is 0 Å². The van der Waals surface area contributed by atoms with Gasteiger partial charge in [-0.3, -0.25) is 4.98 Å². The van der Waals surface area contributed by atoms with Crippen LogP contribution < -0.4 is 5.32 Å². The number of nitrogens with zero attached hydrogens (tertiary/aromatic N) is 2. The van der Waals surface area contributed by atoms with Crippen molar-refractivity contribution in [1.82, 2.24) is 9.88 Å². The van der Waals surface area contributed by atoms with Crippen molar-refractivity contribution in [1.29, 1.82) is 0 Å². The van der Waals surface area contributed by atoms with Gasteiger partial charge in [-0.05, 0) is 50.3 Å². The zero-order valence-corrected chi connectivity index (χ0v) is 11.8. The first-order chi connectivity index (χ1) is 9.15. The van der Waals surface area contributed by atoms with Gasteiger partial charge in [0.05, 0.1) is 6.04 Å². The lowest BCUT2D eigenvalue weighted by atomic mass is 10.1. The first-order valence-electron chi connectivity index (χ1n) is 6.55. The summed E-state index contributed by atoms with van der Waals surface area (Å²) in [4.78, 5) is 6.32. The van der Waals surface area contributed by atoms with Gasteiger partial charge in [-0.15, -0.1) is 0 Å². The molecule has 0 bridgehead atoms. The van der Waals surface area contributed by atoms with Crippen molar-refractivity contribution >= 4 is 5.69 Å². The molecular weight excluding hydrogens is 234 g/mol. The highest BCUT2D eigenvalue weighted by Crippen LogP contribution is 2.18. The molecule has 1 unspecified atom stereocenters. The SMILES string of the molecule is CC(Nc1ccc(CN(C)C)cc1)c1cccnc1. The average Bonchev–Trinajstić information content (AvgIpc) is 2.41. The smallest absolute Gasteiger partial charge is 0.0500 e. The molecule has 0 aliphatic rings. The van der Waals surface area contributed by atoms with Gasteiger partial charge in [0.15, 0.2) is 0 Å². The summed E-state index contributed by atoms with van der Waals surface area (Å²) >= 11 is 0. The molecule has 0 aliphatic heterocycles. The van der Waals surface area contributed by atoms with Crippen LogP contribution in [0, 0.1) is 0 Å². The Morgan fingerprint density at radius 3 is 2.47 bits per heavy atom. The molecule has 2 rings (SSSR count). The van der Waals surface area contributed by atoms with E-state index in [1.54, 1.807) is 6.20 Å². The Morgan fingerprint density at radius 1 is 1.16 bits per heavy atom. The lowest BCUT2D eigenvalue weighted by Crippen LogP contribution is -2.11. The number of hydrogen-bond donors (Lipinski definition) is 1. The van der Waals surface area contributed by atoms with E-state index in [-0.39, 0.29) is 6.04 Å². The van der Waals surface area contributed by atoms with Crippen LogP contribution in [0.5, 0.6) is 0 Å². The fraction of sp³-hybridized carbons (Fsp3) is 0.312. The Hall–Kier alpha value is -1.87. The summed E-state index contributed by atoms with van der Waals surface area (Å²) in [6, 6.07) is 12.9. The molecule has 1 atom stereocenters. The predicted molar refractivity (Wildman–Crippen MR) is 80.1 cm³/mol. The van der Waals surface area contributed by atoms with Gasteiger partial charge in [-0.2, -0.15) is 0 Å². The monoisotopic (exact) mass is 255 g/mol. The minimum absolute atomic E-state index is 0.258. The maximum absolute atomic E-state index is 4.15. The highest BCUT2D eigenvalue weighted by molar-refractivity contribution is 5.46. The van der Waals surface area contributed by atoms with Gasteiger partial charge < -0.3 is 10.2 Å². The molecule has 1 aromatic heterocycles. The predicted octanol–water partition coefficient (Wildman–Crippen LogP) is 3.32. The third-order valence-corrected chi connectivity index (χ3v) is 3.02. The van der Waals surface area contributed by atoms with Gasteiger partial charge in [0.1, 0.15) is 0 Å². The molecule has 1 aromatic carbocycles. The number of hydrogen-bond acceptors (Lipinski definition) is 3. The van der Waals surface area contributed by atoms with Gasteiger partial charge in [-0.25, -0.2) is 0 Å². The quantitative estimate of drug-likeness (QED) is 0.888. The number of rotatable bonds is 5. The molecule has 3 heteroatoms. The van der Waals surface area contributed by atoms with E-state index in [2.05, 4.69) is 66.6 Å². The molecule has 0 radical (unpaired) electrons. The highest BCUT2D eigenvalue weighted by Gasteiger charge is 2.04. The van der Waals surface area contributed by atoms with Crippen molar-refractivity contribution in [3.05, 3.63) is 59.9 Å². The van der Waals surface area contributed by atoms with Gasteiger partial charge in [0.25, 0.3) is 0 Å². The van der Waals surface area contributed by atoms with Crippen molar-refractivity contribution in [2.75, 3.05) is 19.4 Å². The van der Waals surface area contributed by atoms with Crippen LogP contribution in [-0.2, 0) is 6.54 Å². The molecule has 19 heavy (non-hydrogen) atoms. The normalized spacial score (nSPS) is 12.4. The second-order valence-corrected chi connectivity index (χ2v) is 5.09. The topological polar surface area (TPSA) is 28.2 Å². The van der Waals surface area contributed by atoms with Crippen LogP contribution in [0.25, 0.3) is 0 Å². The average molecular weight is 255 g/mol. The molecule has 3 nitrogen and oxygen atoms in total. The van der Waals surface area contributed by atoms with Crippen LogP contribution in [0.1, 0.15) is 24.1 Å². The van der Waals surface area contributed by atoms with Crippen LogP contribution >= 0.6 is 0 Å². The fourth-order valence-electron chi connectivity index (χ4n) is 2.04. The van der Waals surface area contributed by atoms with Gasteiger partial charge >= 0.3 is 0 Å². The van der Waals surface area contributed by atoms with E-state index in [0.717, 1.165) is 12.2 Å². The Balaban J connectivity index is 1.99. The van der Waals surface area contributed by atoms with Crippen LogP contribution in [0.2, 0.25) is 0 Å². The van der Waals surface area contributed by atoms with E-state index in [4.69, 9.17) is 0 Å². The third-order valence-electron chi connectivity index (χ3n) is 3.02. The summed E-state index contributed by atoms with van der Waals surface area (Å²) in [6.45, 7) is 3.11. The lowest BCUT2D eigenvalue weighted by molar-refractivity contribution is 0.402. The molecule has 0 spiro atoms. The standard InChI is InChI=1S/C16H21N3/c1-13(15-5-4-10-17-11-15)18-16-8-6-14(7-9-16)12-19(2)3/h4-11,13,18H,12H2,1-3H3. The van der Waals surface area contributed by atoms with E-state index in [0.29, 0.717) is 0 Å². The number of nitrogens with one attached hydrogen (secondary N) is 1. The zero-order valence-electron chi connectivity index (χ0n) is 11.8. The maximum atomic E-state index is 4.15. The Labute approximate surface area is 115 Å². The zero-order chi connectivity index (χ0) is 13.7. The summed E-state index contributed by atoms with van der Waals surface area (Å²) in [7, 11) is 4.16. The molecule has 1 N–H and O–H groups in total. The molecule has 0 fully saturated rings. The molecule has 0 aliphatic carbocycles. The summed E-state index contributed by atoms with van der Waals surface area (Å²) in [6.07, 6.45) is 3.70. The van der Waals surface area contributed by atoms with E-state index in [9.17, 15) is 0 Å². The minimum Gasteiger partial charge on any atom is -0.378 e. The molecule has 100 valence electrons. The van der Waals surface area contributed by atoms with Crippen LogP contribution in [0.15, 0.2) is 48.8 Å². The van der Waals surface area contributed by atoms with E-state index in [1.807, 2.05) is 12.3 Å². The number of aromatic nitrogens is 1. The van der Waals surface area contributed by atoms with Crippen molar-refractivity contribution < 1.29 is 0 Å². The Bertz CT molecular complexity index is 491. The van der Waals surface area contributed by atoms with Crippen molar-refractivity contribution in [2.24, 2.45) is 0 Å². The molecule has 2 aromatic rings. The van der Waals surface area contributed by atoms with Crippen LogP contribution in [0.4, 0.5) is 5.69 Å². The van der Waals surface area contributed by atoms with Crippen molar-refractivity contribution in [2.45, 2.75) is 19.5 Å². The first-order valence-corrected chi connectivity index (χ1v) is 6.55. The first kappa shape index (κ1) is 13.6. The van der Waals surface area contributed by atoms with Crippen LogP contribution in [-0.4, -0.2) is 24.0 Å². The Morgan fingerprint density at radius 2 is 1.89 bits per heavy atom. The number of pyridine rings is 1. The molecular formula is C16H21N3.